The molecule has 0 saturated heterocycles. The van der Waals surface area contributed by atoms with E-state index in [1.165, 1.54) is 0 Å². The number of rotatable bonds is 7. The van der Waals surface area contributed by atoms with Crippen LogP contribution >= 0.6 is 0 Å². The SMILES string of the molecule is CCCOc1ccc(OC)cc1N=Nc1cccc(OC)c1. The fourth-order valence-corrected chi connectivity index (χ4v) is 1.82. The van der Waals surface area contributed by atoms with Gasteiger partial charge < -0.3 is 14.2 Å². The molecule has 0 aliphatic heterocycles. The van der Waals surface area contributed by atoms with Gasteiger partial charge in [-0.1, -0.05) is 13.0 Å². The molecule has 0 N–H and O–H groups in total. The molecule has 0 aromatic heterocycles. The Morgan fingerprint density at radius 3 is 2.41 bits per heavy atom. The van der Waals surface area contributed by atoms with Crippen LogP contribution in [0.4, 0.5) is 11.4 Å². The molecule has 116 valence electrons. The molecule has 0 atom stereocenters. The van der Waals surface area contributed by atoms with Crippen molar-refractivity contribution in [2.45, 2.75) is 13.3 Å². The summed E-state index contributed by atoms with van der Waals surface area (Å²) >= 11 is 0. The molecule has 0 fully saturated rings. The maximum Gasteiger partial charge on any atom is 0.147 e. The summed E-state index contributed by atoms with van der Waals surface area (Å²) in [5.41, 5.74) is 1.35. The summed E-state index contributed by atoms with van der Waals surface area (Å²) in [5.74, 6) is 2.14. The van der Waals surface area contributed by atoms with Gasteiger partial charge in [0.2, 0.25) is 0 Å². The summed E-state index contributed by atoms with van der Waals surface area (Å²) < 4.78 is 16.1. The van der Waals surface area contributed by atoms with Crippen LogP contribution in [-0.4, -0.2) is 20.8 Å². The van der Waals surface area contributed by atoms with E-state index in [0.29, 0.717) is 29.5 Å². The van der Waals surface area contributed by atoms with Crippen LogP contribution < -0.4 is 14.2 Å². The van der Waals surface area contributed by atoms with Crippen molar-refractivity contribution in [1.82, 2.24) is 0 Å². The average molecular weight is 300 g/mol. The van der Waals surface area contributed by atoms with Gasteiger partial charge in [0.15, 0.2) is 0 Å². The summed E-state index contributed by atoms with van der Waals surface area (Å²) in [6.07, 6.45) is 0.929. The lowest BCUT2D eigenvalue weighted by Crippen LogP contribution is -1.95. The van der Waals surface area contributed by atoms with Gasteiger partial charge in [-0.3, -0.25) is 0 Å². The van der Waals surface area contributed by atoms with E-state index in [1.54, 1.807) is 20.3 Å². The van der Waals surface area contributed by atoms with Gasteiger partial charge in [0.25, 0.3) is 0 Å². The van der Waals surface area contributed by atoms with Crippen LogP contribution in [0.1, 0.15) is 13.3 Å². The predicted molar refractivity (Wildman–Crippen MR) is 86.0 cm³/mol. The van der Waals surface area contributed by atoms with E-state index < -0.39 is 0 Å². The molecule has 2 rings (SSSR count). The van der Waals surface area contributed by atoms with E-state index in [0.717, 1.165) is 12.2 Å². The van der Waals surface area contributed by atoms with Crippen LogP contribution in [0.25, 0.3) is 0 Å². The van der Waals surface area contributed by atoms with E-state index >= 15 is 0 Å². The quantitative estimate of drug-likeness (QED) is 0.683. The second-order valence-electron chi connectivity index (χ2n) is 4.58. The zero-order chi connectivity index (χ0) is 15.8. The molecule has 0 aliphatic carbocycles. The summed E-state index contributed by atoms with van der Waals surface area (Å²) in [5, 5.41) is 8.52. The fraction of sp³-hybridized carbons (Fsp3) is 0.294. The van der Waals surface area contributed by atoms with Crippen molar-refractivity contribution in [3.05, 3.63) is 42.5 Å². The van der Waals surface area contributed by atoms with Gasteiger partial charge >= 0.3 is 0 Å². The maximum absolute atomic E-state index is 5.69. The Morgan fingerprint density at radius 2 is 1.68 bits per heavy atom. The summed E-state index contributed by atoms with van der Waals surface area (Å²) in [4.78, 5) is 0. The van der Waals surface area contributed by atoms with Gasteiger partial charge in [0.1, 0.15) is 22.9 Å². The third kappa shape index (κ3) is 4.22. The van der Waals surface area contributed by atoms with Crippen LogP contribution in [0, 0.1) is 0 Å². The summed E-state index contributed by atoms with van der Waals surface area (Å²) in [7, 11) is 3.24. The van der Waals surface area contributed by atoms with Gasteiger partial charge in [-0.2, -0.15) is 5.11 Å². The molecule has 0 saturated carbocycles. The minimum absolute atomic E-state index is 0.633. The van der Waals surface area contributed by atoms with Crippen molar-refractivity contribution in [2.24, 2.45) is 10.2 Å². The van der Waals surface area contributed by atoms with Crippen LogP contribution in [0.3, 0.4) is 0 Å². The number of hydrogen-bond acceptors (Lipinski definition) is 5. The Kier molecular flexibility index (Phi) is 5.77. The predicted octanol–water partition coefficient (Wildman–Crippen LogP) is 4.91. The summed E-state index contributed by atoms with van der Waals surface area (Å²) in [6.45, 7) is 2.69. The molecule has 0 heterocycles. The lowest BCUT2D eigenvalue weighted by atomic mass is 10.3. The Labute approximate surface area is 130 Å². The molecule has 0 bridgehead atoms. The second-order valence-corrected chi connectivity index (χ2v) is 4.58. The van der Waals surface area contributed by atoms with Crippen molar-refractivity contribution in [2.75, 3.05) is 20.8 Å². The van der Waals surface area contributed by atoms with Crippen molar-refractivity contribution >= 4 is 11.4 Å². The first-order chi connectivity index (χ1) is 10.8. The molecular formula is C17H20N2O3. The average Bonchev–Trinajstić information content (AvgIpc) is 2.58. The Morgan fingerprint density at radius 1 is 0.909 bits per heavy atom. The number of hydrogen-bond donors (Lipinski definition) is 0. The standard InChI is InChI=1S/C17H20N2O3/c1-4-10-22-17-9-8-15(21-3)12-16(17)19-18-13-6-5-7-14(11-13)20-2/h5-9,11-12H,4,10H2,1-3H3. The van der Waals surface area contributed by atoms with E-state index in [2.05, 4.69) is 17.2 Å². The van der Waals surface area contributed by atoms with Crippen molar-refractivity contribution in [3.63, 3.8) is 0 Å². The van der Waals surface area contributed by atoms with Gasteiger partial charge in [0, 0.05) is 12.1 Å². The Bertz CT molecular complexity index is 642. The monoisotopic (exact) mass is 300 g/mol. The molecule has 0 radical (unpaired) electrons. The maximum atomic E-state index is 5.69. The van der Waals surface area contributed by atoms with E-state index in [-0.39, 0.29) is 0 Å². The molecule has 5 nitrogen and oxygen atoms in total. The number of benzene rings is 2. The molecule has 2 aromatic rings. The third-order valence-corrected chi connectivity index (χ3v) is 2.95. The molecular weight excluding hydrogens is 280 g/mol. The van der Waals surface area contributed by atoms with Crippen molar-refractivity contribution in [1.29, 1.82) is 0 Å². The Hall–Kier alpha value is -2.56. The normalized spacial score (nSPS) is 10.7. The first kappa shape index (κ1) is 15.8. The van der Waals surface area contributed by atoms with Gasteiger partial charge in [0.05, 0.1) is 26.5 Å². The lowest BCUT2D eigenvalue weighted by molar-refractivity contribution is 0.317. The zero-order valence-corrected chi connectivity index (χ0v) is 13.1. The third-order valence-electron chi connectivity index (χ3n) is 2.95. The van der Waals surface area contributed by atoms with Crippen LogP contribution in [0.15, 0.2) is 52.7 Å². The highest BCUT2D eigenvalue weighted by molar-refractivity contribution is 5.55. The number of ether oxygens (including phenoxy) is 3. The topological polar surface area (TPSA) is 52.4 Å². The van der Waals surface area contributed by atoms with Crippen molar-refractivity contribution in [3.8, 4) is 17.2 Å². The molecule has 0 spiro atoms. The van der Waals surface area contributed by atoms with Crippen LogP contribution in [-0.2, 0) is 0 Å². The first-order valence-electron chi connectivity index (χ1n) is 7.13. The van der Waals surface area contributed by atoms with E-state index in [4.69, 9.17) is 14.2 Å². The summed E-state index contributed by atoms with van der Waals surface area (Å²) in [6, 6.07) is 12.9. The lowest BCUT2D eigenvalue weighted by Gasteiger charge is -2.08. The first-order valence-corrected chi connectivity index (χ1v) is 7.13. The smallest absolute Gasteiger partial charge is 0.147 e. The van der Waals surface area contributed by atoms with Crippen LogP contribution in [0.2, 0.25) is 0 Å². The minimum Gasteiger partial charge on any atom is -0.497 e. The zero-order valence-electron chi connectivity index (χ0n) is 13.1. The molecule has 0 aliphatic rings. The Balaban J connectivity index is 2.26. The number of methoxy groups -OCH3 is 2. The molecule has 0 unspecified atom stereocenters. The molecule has 0 amide bonds. The largest absolute Gasteiger partial charge is 0.497 e. The fourth-order valence-electron chi connectivity index (χ4n) is 1.82. The van der Waals surface area contributed by atoms with Crippen LogP contribution in [0.5, 0.6) is 17.2 Å². The van der Waals surface area contributed by atoms with Gasteiger partial charge in [-0.15, -0.1) is 5.11 Å². The molecule has 22 heavy (non-hydrogen) atoms. The highest BCUT2D eigenvalue weighted by atomic mass is 16.5. The van der Waals surface area contributed by atoms with Gasteiger partial charge in [-0.05, 0) is 30.7 Å². The highest BCUT2D eigenvalue weighted by Gasteiger charge is 2.05. The van der Waals surface area contributed by atoms with E-state index in [1.807, 2.05) is 36.4 Å². The molecule has 2 aromatic carbocycles. The number of azo groups is 1. The van der Waals surface area contributed by atoms with Gasteiger partial charge in [-0.25, -0.2) is 0 Å². The number of nitrogens with zero attached hydrogens (tertiary/aromatic N) is 2. The van der Waals surface area contributed by atoms with E-state index in [9.17, 15) is 0 Å². The van der Waals surface area contributed by atoms with Crippen molar-refractivity contribution < 1.29 is 14.2 Å². The second kappa shape index (κ2) is 8.02. The highest BCUT2D eigenvalue weighted by Crippen LogP contribution is 2.33. The molecule has 5 heteroatoms. The minimum atomic E-state index is 0.633.